The number of rotatable bonds is 2. The maximum absolute atomic E-state index is 11.7. The summed E-state index contributed by atoms with van der Waals surface area (Å²) in [4.78, 5) is 19.4. The van der Waals surface area contributed by atoms with Gasteiger partial charge in [-0.2, -0.15) is 0 Å². The van der Waals surface area contributed by atoms with Crippen LogP contribution in [-0.2, 0) is 0 Å². The number of carbonyl (C=O) groups excluding carboxylic acids is 1. The molecule has 2 aromatic rings. The first kappa shape index (κ1) is 10.8. The number of nitrogens with one attached hydrogen (secondary N) is 1. The van der Waals surface area contributed by atoms with Gasteiger partial charge in [-0.15, -0.1) is 0 Å². The van der Waals surface area contributed by atoms with E-state index in [0.29, 0.717) is 11.3 Å². The quantitative estimate of drug-likeness (QED) is 0.918. The summed E-state index contributed by atoms with van der Waals surface area (Å²) in [5.74, 6) is -0.178. The molecule has 80 valence electrons. The van der Waals surface area contributed by atoms with E-state index in [1.807, 2.05) is 12.1 Å². The molecule has 0 aliphatic heterocycles. The topological polar surface area (TPSA) is 54.9 Å². The third-order valence-corrected chi connectivity index (χ3v) is 2.45. The van der Waals surface area contributed by atoms with Gasteiger partial charge in [0.15, 0.2) is 0 Å². The van der Waals surface area contributed by atoms with Crippen LogP contribution in [0.2, 0.25) is 0 Å². The smallest absolute Gasteiger partial charge is 0.255 e. The lowest BCUT2D eigenvalue weighted by Crippen LogP contribution is -2.11. The Bertz CT molecular complexity index is 484. The van der Waals surface area contributed by atoms with Crippen molar-refractivity contribution in [3.63, 3.8) is 0 Å². The molecule has 0 unspecified atom stereocenters. The predicted molar refractivity (Wildman–Crippen MR) is 64.1 cm³/mol. The number of halogens is 1. The van der Waals surface area contributed by atoms with E-state index in [4.69, 9.17) is 0 Å². The molecule has 0 spiro atoms. The lowest BCUT2D eigenvalue weighted by atomic mass is 10.2. The van der Waals surface area contributed by atoms with E-state index < -0.39 is 0 Å². The Hall–Kier alpha value is -1.75. The maximum atomic E-state index is 11.7. The number of nitrogens with zero attached hydrogens (tertiary/aromatic N) is 2. The van der Waals surface area contributed by atoms with E-state index in [1.165, 1.54) is 6.33 Å². The second-order valence-electron chi connectivity index (χ2n) is 3.09. The molecular weight excluding hydrogens is 270 g/mol. The lowest BCUT2D eigenvalue weighted by molar-refractivity contribution is 0.102. The zero-order valence-electron chi connectivity index (χ0n) is 8.22. The van der Waals surface area contributed by atoms with Crippen molar-refractivity contribution in [2.45, 2.75) is 0 Å². The molecule has 5 heteroatoms. The van der Waals surface area contributed by atoms with Gasteiger partial charge < -0.3 is 5.32 Å². The molecule has 2 rings (SSSR count). The van der Waals surface area contributed by atoms with E-state index in [1.54, 1.807) is 24.5 Å². The van der Waals surface area contributed by atoms with Crippen molar-refractivity contribution in [3.05, 3.63) is 53.0 Å². The fraction of sp³-hybridized carbons (Fsp3) is 0. The van der Waals surface area contributed by atoms with Crippen LogP contribution in [0.5, 0.6) is 0 Å². The normalized spacial score (nSPS) is 9.81. The van der Waals surface area contributed by atoms with Gasteiger partial charge in [-0.3, -0.25) is 4.79 Å². The number of benzene rings is 1. The third-order valence-electron chi connectivity index (χ3n) is 1.92. The number of anilines is 1. The minimum Gasteiger partial charge on any atom is -0.319 e. The monoisotopic (exact) mass is 277 g/mol. The van der Waals surface area contributed by atoms with Crippen molar-refractivity contribution >= 4 is 27.5 Å². The minimum absolute atomic E-state index is 0.178. The summed E-state index contributed by atoms with van der Waals surface area (Å²) in [6.07, 6.45) is 4.50. The Morgan fingerprint density at radius 2 is 1.75 bits per heavy atom. The molecule has 1 amide bonds. The Balaban J connectivity index is 2.12. The third kappa shape index (κ3) is 2.64. The SMILES string of the molecule is O=C(Nc1cncnc1)c1ccc(Br)cc1. The summed E-state index contributed by atoms with van der Waals surface area (Å²) < 4.78 is 0.937. The second-order valence-corrected chi connectivity index (χ2v) is 4.00. The standard InChI is InChI=1S/C11H8BrN3O/c12-9-3-1-8(2-4-9)11(16)15-10-5-13-7-14-6-10/h1-7H,(H,15,16). The van der Waals surface area contributed by atoms with Crippen molar-refractivity contribution in [1.29, 1.82) is 0 Å². The van der Waals surface area contributed by atoms with Crippen molar-refractivity contribution in [1.82, 2.24) is 9.97 Å². The van der Waals surface area contributed by atoms with Crippen LogP contribution in [0.15, 0.2) is 47.5 Å². The number of carbonyl (C=O) groups is 1. The number of aromatic nitrogens is 2. The molecule has 16 heavy (non-hydrogen) atoms. The van der Waals surface area contributed by atoms with Crippen molar-refractivity contribution < 1.29 is 4.79 Å². The van der Waals surface area contributed by atoms with Crippen molar-refractivity contribution in [3.8, 4) is 0 Å². The number of hydrogen-bond donors (Lipinski definition) is 1. The maximum Gasteiger partial charge on any atom is 0.255 e. The molecule has 1 N–H and O–H groups in total. The highest BCUT2D eigenvalue weighted by atomic mass is 79.9. The molecule has 1 heterocycles. The van der Waals surface area contributed by atoms with Gasteiger partial charge in [0.1, 0.15) is 6.33 Å². The number of hydrogen-bond acceptors (Lipinski definition) is 3. The zero-order valence-corrected chi connectivity index (χ0v) is 9.81. The second kappa shape index (κ2) is 4.85. The summed E-state index contributed by atoms with van der Waals surface area (Å²) in [6, 6.07) is 7.11. The summed E-state index contributed by atoms with van der Waals surface area (Å²) in [7, 11) is 0. The fourth-order valence-electron chi connectivity index (χ4n) is 1.17. The molecule has 0 aliphatic carbocycles. The molecule has 1 aromatic heterocycles. The summed E-state index contributed by atoms with van der Waals surface area (Å²) in [5.41, 5.74) is 1.17. The zero-order chi connectivity index (χ0) is 11.4. The molecule has 0 saturated carbocycles. The largest absolute Gasteiger partial charge is 0.319 e. The van der Waals surface area contributed by atoms with Crippen LogP contribution in [-0.4, -0.2) is 15.9 Å². The van der Waals surface area contributed by atoms with Gasteiger partial charge >= 0.3 is 0 Å². The highest BCUT2D eigenvalue weighted by molar-refractivity contribution is 9.10. The van der Waals surface area contributed by atoms with Gasteiger partial charge in [0.05, 0.1) is 18.1 Å². The van der Waals surface area contributed by atoms with Crippen LogP contribution in [0.1, 0.15) is 10.4 Å². The number of amides is 1. The molecule has 0 atom stereocenters. The highest BCUT2D eigenvalue weighted by Gasteiger charge is 2.05. The van der Waals surface area contributed by atoms with Crippen LogP contribution < -0.4 is 5.32 Å². The van der Waals surface area contributed by atoms with Crippen molar-refractivity contribution in [2.75, 3.05) is 5.32 Å². The average Bonchev–Trinajstić information content (AvgIpc) is 2.31. The van der Waals surface area contributed by atoms with Gasteiger partial charge in [-0.05, 0) is 24.3 Å². The summed E-state index contributed by atoms with van der Waals surface area (Å²) >= 11 is 3.31. The molecule has 0 bridgehead atoms. The van der Waals surface area contributed by atoms with E-state index in [9.17, 15) is 4.79 Å². The fourth-order valence-corrected chi connectivity index (χ4v) is 1.43. The van der Waals surface area contributed by atoms with Gasteiger partial charge in [0, 0.05) is 10.0 Å². The lowest BCUT2D eigenvalue weighted by Gasteiger charge is -2.03. The van der Waals surface area contributed by atoms with E-state index in [2.05, 4.69) is 31.2 Å². The van der Waals surface area contributed by atoms with E-state index >= 15 is 0 Å². The van der Waals surface area contributed by atoms with Crippen LogP contribution >= 0.6 is 15.9 Å². The Kier molecular flexibility index (Phi) is 3.26. The first-order chi connectivity index (χ1) is 7.75. The van der Waals surface area contributed by atoms with Crippen LogP contribution in [0.3, 0.4) is 0 Å². The summed E-state index contributed by atoms with van der Waals surface area (Å²) in [6.45, 7) is 0. The van der Waals surface area contributed by atoms with Gasteiger partial charge in [-0.1, -0.05) is 15.9 Å². The van der Waals surface area contributed by atoms with Crippen LogP contribution in [0.4, 0.5) is 5.69 Å². The van der Waals surface area contributed by atoms with Crippen LogP contribution in [0, 0.1) is 0 Å². The molecule has 0 radical (unpaired) electrons. The molecule has 1 aromatic carbocycles. The molecule has 4 nitrogen and oxygen atoms in total. The van der Waals surface area contributed by atoms with Gasteiger partial charge in [-0.25, -0.2) is 9.97 Å². The van der Waals surface area contributed by atoms with Gasteiger partial charge in [0.25, 0.3) is 5.91 Å². The molecule has 0 aliphatic rings. The summed E-state index contributed by atoms with van der Waals surface area (Å²) in [5, 5.41) is 2.70. The highest BCUT2D eigenvalue weighted by Crippen LogP contribution is 2.12. The Morgan fingerprint density at radius 1 is 1.12 bits per heavy atom. The van der Waals surface area contributed by atoms with Crippen LogP contribution in [0.25, 0.3) is 0 Å². The molecule has 0 saturated heterocycles. The molecular formula is C11H8BrN3O. The first-order valence-electron chi connectivity index (χ1n) is 4.57. The predicted octanol–water partition coefficient (Wildman–Crippen LogP) is 2.49. The average molecular weight is 278 g/mol. The van der Waals surface area contributed by atoms with Gasteiger partial charge in [0.2, 0.25) is 0 Å². The Labute approximate surface area is 101 Å². The van der Waals surface area contributed by atoms with Crippen molar-refractivity contribution in [2.24, 2.45) is 0 Å². The minimum atomic E-state index is -0.178. The van der Waals surface area contributed by atoms with E-state index in [0.717, 1.165) is 4.47 Å². The van der Waals surface area contributed by atoms with E-state index in [-0.39, 0.29) is 5.91 Å². The molecule has 0 fully saturated rings. The Morgan fingerprint density at radius 3 is 2.38 bits per heavy atom. The first-order valence-corrected chi connectivity index (χ1v) is 5.37.